The molecule has 0 saturated heterocycles. The van der Waals surface area contributed by atoms with E-state index in [0.717, 1.165) is 21.2 Å². The second-order valence-corrected chi connectivity index (χ2v) is 5.54. The molecule has 0 radical (unpaired) electrons. The molecule has 3 nitrogen and oxygen atoms in total. The van der Waals surface area contributed by atoms with Gasteiger partial charge in [0.05, 0.1) is 19.3 Å². The summed E-state index contributed by atoms with van der Waals surface area (Å²) in [4.78, 5) is 12.6. The molecule has 106 valence electrons. The minimum atomic E-state index is -0.374. The van der Waals surface area contributed by atoms with Gasteiger partial charge < -0.3 is 9.84 Å². The minimum Gasteiger partial charge on any atom is -0.496 e. The van der Waals surface area contributed by atoms with Gasteiger partial charge >= 0.3 is 0 Å². The second-order valence-electron chi connectivity index (χ2n) is 4.75. The zero-order chi connectivity index (χ0) is 14.7. The number of Topliss-reactive ketones (excluding diaryl/α,β-unsaturated/α-hetero) is 1. The summed E-state index contributed by atoms with van der Waals surface area (Å²) in [5.74, 6) is 0.194. The van der Waals surface area contributed by atoms with Crippen molar-refractivity contribution in [3.63, 3.8) is 0 Å². The van der Waals surface area contributed by atoms with Gasteiger partial charge in [-0.2, -0.15) is 0 Å². The number of aliphatic hydroxyl groups is 1. The van der Waals surface area contributed by atoms with Crippen molar-refractivity contribution in [2.45, 2.75) is 34.1 Å². The minimum absolute atomic E-state index is 0.0526. The predicted molar refractivity (Wildman–Crippen MR) is 80.1 cm³/mol. The molecule has 0 aliphatic carbocycles. The van der Waals surface area contributed by atoms with Crippen LogP contribution in [0.15, 0.2) is 4.47 Å². The van der Waals surface area contributed by atoms with E-state index in [1.54, 1.807) is 7.11 Å². The summed E-state index contributed by atoms with van der Waals surface area (Å²) < 4.78 is 6.36. The maximum atomic E-state index is 12.6. The summed E-state index contributed by atoms with van der Waals surface area (Å²) >= 11 is 3.54. The maximum absolute atomic E-state index is 12.6. The molecule has 19 heavy (non-hydrogen) atoms. The Bertz CT molecular complexity index is 491. The molecule has 4 heteroatoms. The summed E-state index contributed by atoms with van der Waals surface area (Å²) in [6, 6.07) is 0. The van der Waals surface area contributed by atoms with E-state index < -0.39 is 0 Å². The van der Waals surface area contributed by atoms with Crippen LogP contribution in [0.25, 0.3) is 0 Å². The van der Waals surface area contributed by atoms with E-state index in [1.807, 2.05) is 27.7 Å². The Labute approximate surface area is 123 Å². The van der Waals surface area contributed by atoms with Gasteiger partial charge in [0.2, 0.25) is 0 Å². The van der Waals surface area contributed by atoms with Gasteiger partial charge in [-0.15, -0.1) is 0 Å². The third kappa shape index (κ3) is 2.84. The molecule has 0 aromatic heterocycles. The van der Waals surface area contributed by atoms with E-state index in [2.05, 4.69) is 15.9 Å². The summed E-state index contributed by atoms with van der Waals surface area (Å²) in [5.41, 5.74) is 3.48. The van der Waals surface area contributed by atoms with Crippen LogP contribution in [0.5, 0.6) is 5.75 Å². The normalized spacial score (nSPS) is 12.4. The van der Waals surface area contributed by atoms with Crippen LogP contribution >= 0.6 is 15.9 Å². The molecule has 1 N–H and O–H groups in total. The van der Waals surface area contributed by atoms with Gasteiger partial charge in [-0.05, 0) is 43.9 Å². The van der Waals surface area contributed by atoms with E-state index in [1.165, 1.54) is 0 Å². The topological polar surface area (TPSA) is 46.5 Å². The number of benzene rings is 1. The first-order valence-electron chi connectivity index (χ1n) is 6.38. The van der Waals surface area contributed by atoms with Gasteiger partial charge in [-0.1, -0.05) is 22.9 Å². The standard InChI is InChI=1S/C15H21BrO3/c1-6-11(7-17)14(18)12-10(4)13(16)8(2)9(3)15(12)19-5/h11,17H,6-7H2,1-5H3. The number of hydrogen-bond acceptors (Lipinski definition) is 3. The average Bonchev–Trinajstić information content (AvgIpc) is 2.41. The second kappa shape index (κ2) is 6.53. The molecule has 1 atom stereocenters. The molecule has 0 aliphatic heterocycles. The average molecular weight is 329 g/mol. The summed E-state index contributed by atoms with van der Waals surface area (Å²) in [5, 5.41) is 9.33. The number of aliphatic hydroxyl groups excluding tert-OH is 1. The molecule has 0 fully saturated rings. The van der Waals surface area contributed by atoms with Gasteiger partial charge in [0.1, 0.15) is 5.75 Å². The number of carbonyl (C=O) groups is 1. The van der Waals surface area contributed by atoms with Crippen molar-refractivity contribution in [1.29, 1.82) is 0 Å². The Morgan fingerprint density at radius 1 is 1.26 bits per heavy atom. The van der Waals surface area contributed by atoms with E-state index in [0.29, 0.717) is 17.7 Å². The smallest absolute Gasteiger partial charge is 0.172 e. The SMILES string of the molecule is CCC(CO)C(=O)c1c(C)c(Br)c(C)c(C)c1OC. The lowest BCUT2D eigenvalue weighted by Gasteiger charge is -2.20. The number of carbonyl (C=O) groups excluding carboxylic acids is 1. The lowest BCUT2D eigenvalue weighted by molar-refractivity contribution is 0.0852. The lowest BCUT2D eigenvalue weighted by atomic mass is 9.89. The number of methoxy groups -OCH3 is 1. The fourth-order valence-corrected chi connectivity index (χ4v) is 2.73. The zero-order valence-corrected chi connectivity index (χ0v) is 13.7. The number of halogens is 1. The van der Waals surface area contributed by atoms with Crippen LogP contribution < -0.4 is 4.74 Å². The van der Waals surface area contributed by atoms with E-state index in [4.69, 9.17) is 4.74 Å². The number of hydrogen-bond donors (Lipinski definition) is 1. The molecule has 0 heterocycles. The van der Waals surface area contributed by atoms with Crippen LogP contribution in [0, 0.1) is 26.7 Å². The van der Waals surface area contributed by atoms with Crippen molar-refractivity contribution < 1.29 is 14.6 Å². The molecule has 0 spiro atoms. The van der Waals surface area contributed by atoms with Crippen molar-refractivity contribution in [3.8, 4) is 5.75 Å². The Kier molecular flexibility index (Phi) is 5.56. The Morgan fingerprint density at radius 3 is 2.26 bits per heavy atom. The molecule has 0 bridgehead atoms. The molecule has 1 aromatic rings. The highest BCUT2D eigenvalue weighted by Crippen LogP contribution is 2.37. The highest BCUT2D eigenvalue weighted by atomic mass is 79.9. The van der Waals surface area contributed by atoms with Crippen molar-refractivity contribution >= 4 is 21.7 Å². The highest BCUT2D eigenvalue weighted by Gasteiger charge is 2.26. The van der Waals surface area contributed by atoms with E-state index in [9.17, 15) is 9.90 Å². The van der Waals surface area contributed by atoms with Gasteiger partial charge in [-0.25, -0.2) is 0 Å². The predicted octanol–water partition coefficient (Wildman–Crippen LogP) is 3.58. The van der Waals surface area contributed by atoms with Crippen molar-refractivity contribution in [2.24, 2.45) is 5.92 Å². The molecule has 0 amide bonds. The van der Waals surface area contributed by atoms with Gasteiger partial charge in [0, 0.05) is 10.4 Å². The Morgan fingerprint density at radius 2 is 1.84 bits per heavy atom. The van der Waals surface area contributed by atoms with Gasteiger partial charge in [-0.3, -0.25) is 4.79 Å². The molecule has 1 unspecified atom stereocenters. The van der Waals surface area contributed by atoms with E-state index >= 15 is 0 Å². The number of rotatable bonds is 5. The van der Waals surface area contributed by atoms with Crippen molar-refractivity contribution in [2.75, 3.05) is 13.7 Å². The molecule has 1 rings (SSSR count). The van der Waals surface area contributed by atoms with Crippen LogP contribution in [-0.2, 0) is 0 Å². The first-order valence-corrected chi connectivity index (χ1v) is 7.18. The van der Waals surface area contributed by atoms with Crippen LogP contribution in [0.3, 0.4) is 0 Å². The van der Waals surface area contributed by atoms with E-state index in [-0.39, 0.29) is 18.3 Å². The molecule has 1 aromatic carbocycles. The van der Waals surface area contributed by atoms with Crippen LogP contribution in [0.4, 0.5) is 0 Å². The molecular formula is C15H21BrO3. The summed E-state index contributed by atoms with van der Waals surface area (Å²) in [6.07, 6.45) is 0.614. The highest BCUT2D eigenvalue weighted by molar-refractivity contribution is 9.10. The molecule has 0 saturated carbocycles. The Hall–Kier alpha value is -0.870. The quantitative estimate of drug-likeness (QED) is 0.840. The first-order chi connectivity index (χ1) is 8.90. The Balaban J connectivity index is 3.54. The van der Waals surface area contributed by atoms with Crippen molar-refractivity contribution in [3.05, 3.63) is 26.7 Å². The largest absolute Gasteiger partial charge is 0.496 e. The number of ether oxygens (including phenoxy) is 1. The lowest BCUT2D eigenvalue weighted by Crippen LogP contribution is -2.20. The zero-order valence-electron chi connectivity index (χ0n) is 12.1. The third-order valence-corrected chi connectivity index (χ3v) is 4.89. The summed E-state index contributed by atoms with van der Waals surface area (Å²) in [6.45, 7) is 7.59. The monoisotopic (exact) mass is 328 g/mol. The molecular weight excluding hydrogens is 308 g/mol. The van der Waals surface area contributed by atoms with Crippen LogP contribution in [0.1, 0.15) is 40.4 Å². The third-order valence-electron chi connectivity index (χ3n) is 3.70. The fourth-order valence-electron chi connectivity index (χ4n) is 2.24. The first kappa shape index (κ1) is 16.2. The fraction of sp³-hybridized carbons (Fsp3) is 0.533. The maximum Gasteiger partial charge on any atom is 0.172 e. The van der Waals surface area contributed by atoms with Crippen molar-refractivity contribution in [1.82, 2.24) is 0 Å². The van der Waals surface area contributed by atoms with Gasteiger partial charge in [0.25, 0.3) is 0 Å². The van der Waals surface area contributed by atoms with Crippen LogP contribution in [0.2, 0.25) is 0 Å². The van der Waals surface area contributed by atoms with Crippen LogP contribution in [-0.4, -0.2) is 24.6 Å². The van der Waals surface area contributed by atoms with Gasteiger partial charge in [0.15, 0.2) is 5.78 Å². The number of ketones is 1. The molecule has 0 aliphatic rings. The summed E-state index contributed by atoms with van der Waals surface area (Å²) in [7, 11) is 1.58.